The summed E-state index contributed by atoms with van der Waals surface area (Å²) in [6.07, 6.45) is 1.78. The van der Waals surface area contributed by atoms with E-state index in [0.29, 0.717) is 23.7 Å². The van der Waals surface area contributed by atoms with Crippen LogP contribution in [0.2, 0.25) is 0 Å². The standard InChI is InChI=1S/C18H19N5O4/c1-11-4-6-13(27-11)10-19-22-18-20-17(24)14(21-23-18)8-12-5-7-15(25-2)16(9-12)26-3/h4-7,9-10H,8H2,1-3H3,(H2,20,22,23,24)/b19-10-. The second-order valence-corrected chi connectivity index (χ2v) is 5.63. The topological polar surface area (TPSA) is 115 Å². The van der Waals surface area contributed by atoms with Crippen LogP contribution in [0.5, 0.6) is 11.5 Å². The van der Waals surface area contributed by atoms with Gasteiger partial charge in [0.1, 0.15) is 17.2 Å². The highest BCUT2D eigenvalue weighted by atomic mass is 16.5. The van der Waals surface area contributed by atoms with Crippen molar-refractivity contribution in [3.05, 3.63) is 63.5 Å². The minimum atomic E-state index is -0.355. The maximum atomic E-state index is 12.2. The minimum Gasteiger partial charge on any atom is -0.493 e. The van der Waals surface area contributed by atoms with Crippen molar-refractivity contribution in [3.63, 3.8) is 0 Å². The highest BCUT2D eigenvalue weighted by Crippen LogP contribution is 2.28. The van der Waals surface area contributed by atoms with Crippen LogP contribution in [0.15, 0.2) is 44.6 Å². The van der Waals surface area contributed by atoms with Crippen LogP contribution in [0.3, 0.4) is 0 Å². The molecule has 9 nitrogen and oxygen atoms in total. The SMILES string of the molecule is COc1ccc(Cc2nnc(N/N=C\c3ccc(C)o3)[nH]c2=O)cc1OC. The lowest BCUT2D eigenvalue weighted by Crippen LogP contribution is -2.18. The zero-order chi connectivity index (χ0) is 19.2. The molecule has 0 unspecified atom stereocenters. The van der Waals surface area contributed by atoms with Gasteiger partial charge in [0.15, 0.2) is 11.5 Å². The molecule has 2 N–H and O–H groups in total. The lowest BCUT2D eigenvalue weighted by molar-refractivity contribution is 0.354. The zero-order valence-corrected chi connectivity index (χ0v) is 15.1. The van der Waals surface area contributed by atoms with Gasteiger partial charge in [-0.25, -0.2) is 5.43 Å². The summed E-state index contributed by atoms with van der Waals surface area (Å²) in [5, 5.41) is 11.9. The molecule has 3 aromatic rings. The molecule has 0 amide bonds. The number of hydrogen-bond donors (Lipinski definition) is 2. The van der Waals surface area contributed by atoms with Gasteiger partial charge in [0, 0.05) is 6.42 Å². The molecule has 140 valence electrons. The van der Waals surface area contributed by atoms with E-state index in [9.17, 15) is 4.79 Å². The van der Waals surface area contributed by atoms with E-state index in [1.54, 1.807) is 32.4 Å². The second-order valence-electron chi connectivity index (χ2n) is 5.63. The fourth-order valence-electron chi connectivity index (χ4n) is 2.39. The van der Waals surface area contributed by atoms with Crippen LogP contribution < -0.4 is 20.5 Å². The molecule has 2 aromatic heterocycles. The number of ether oxygens (including phenoxy) is 2. The highest BCUT2D eigenvalue weighted by molar-refractivity contribution is 5.76. The summed E-state index contributed by atoms with van der Waals surface area (Å²) in [4.78, 5) is 14.8. The normalized spacial score (nSPS) is 10.9. The molecule has 0 aliphatic carbocycles. The molecule has 3 rings (SSSR count). The van der Waals surface area contributed by atoms with E-state index in [2.05, 4.69) is 25.7 Å². The van der Waals surface area contributed by atoms with Gasteiger partial charge in [0.25, 0.3) is 5.56 Å². The first-order valence-electron chi connectivity index (χ1n) is 8.11. The van der Waals surface area contributed by atoms with Gasteiger partial charge in [-0.3, -0.25) is 9.78 Å². The van der Waals surface area contributed by atoms with Crippen LogP contribution in [-0.2, 0) is 6.42 Å². The second kappa shape index (κ2) is 8.17. The highest BCUT2D eigenvalue weighted by Gasteiger charge is 2.09. The molecule has 2 heterocycles. The molecule has 9 heteroatoms. The Hall–Kier alpha value is -3.62. The van der Waals surface area contributed by atoms with Crippen LogP contribution in [0, 0.1) is 6.92 Å². The number of anilines is 1. The molecule has 0 radical (unpaired) electrons. The number of hydrazone groups is 1. The number of aryl methyl sites for hydroxylation is 1. The first-order valence-corrected chi connectivity index (χ1v) is 8.11. The number of hydrogen-bond acceptors (Lipinski definition) is 8. The number of nitrogens with one attached hydrogen (secondary N) is 2. The van der Waals surface area contributed by atoms with Gasteiger partial charge in [-0.05, 0) is 36.8 Å². The number of aromatic nitrogens is 3. The zero-order valence-electron chi connectivity index (χ0n) is 15.1. The third kappa shape index (κ3) is 4.51. The average molecular weight is 369 g/mol. The Balaban J connectivity index is 1.69. The molecule has 1 aromatic carbocycles. The first-order chi connectivity index (χ1) is 13.1. The van der Waals surface area contributed by atoms with E-state index in [1.807, 2.05) is 19.1 Å². The number of benzene rings is 1. The van der Waals surface area contributed by atoms with E-state index in [1.165, 1.54) is 6.21 Å². The van der Waals surface area contributed by atoms with Gasteiger partial charge in [-0.15, -0.1) is 10.2 Å². The maximum Gasteiger partial charge on any atom is 0.274 e. The third-order valence-electron chi connectivity index (χ3n) is 3.71. The number of aromatic amines is 1. The Bertz CT molecular complexity index is 1010. The molecule has 0 aliphatic heterocycles. The summed E-state index contributed by atoms with van der Waals surface area (Å²) in [6, 6.07) is 9.01. The largest absolute Gasteiger partial charge is 0.493 e. The Morgan fingerprint density at radius 1 is 1.19 bits per heavy atom. The van der Waals surface area contributed by atoms with Crippen molar-refractivity contribution in [1.29, 1.82) is 0 Å². The van der Waals surface area contributed by atoms with Crippen LogP contribution in [-0.4, -0.2) is 35.6 Å². The number of methoxy groups -OCH3 is 2. The summed E-state index contributed by atoms with van der Waals surface area (Å²) in [5.41, 5.74) is 3.38. The summed E-state index contributed by atoms with van der Waals surface area (Å²) in [7, 11) is 3.12. The van der Waals surface area contributed by atoms with Gasteiger partial charge in [-0.2, -0.15) is 5.10 Å². The van der Waals surface area contributed by atoms with Crippen molar-refractivity contribution in [2.24, 2.45) is 5.10 Å². The van der Waals surface area contributed by atoms with Crippen molar-refractivity contribution in [1.82, 2.24) is 15.2 Å². The van der Waals surface area contributed by atoms with Crippen molar-refractivity contribution >= 4 is 12.2 Å². The predicted molar refractivity (Wildman–Crippen MR) is 99.7 cm³/mol. The summed E-state index contributed by atoms with van der Waals surface area (Å²) >= 11 is 0. The van der Waals surface area contributed by atoms with Crippen molar-refractivity contribution in [3.8, 4) is 11.5 Å². The quantitative estimate of drug-likeness (QED) is 0.484. The summed E-state index contributed by atoms with van der Waals surface area (Å²) in [6.45, 7) is 1.84. The summed E-state index contributed by atoms with van der Waals surface area (Å²) < 4.78 is 15.8. The van der Waals surface area contributed by atoms with Crippen molar-refractivity contribution < 1.29 is 13.9 Å². The minimum absolute atomic E-state index is 0.135. The lowest BCUT2D eigenvalue weighted by Gasteiger charge is -2.09. The predicted octanol–water partition coefficient (Wildman–Crippen LogP) is 2.12. The van der Waals surface area contributed by atoms with Gasteiger partial charge in [0.05, 0.1) is 20.4 Å². The smallest absolute Gasteiger partial charge is 0.274 e. The van der Waals surface area contributed by atoms with Crippen LogP contribution in [0.25, 0.3) is 0 Å². The number of nitrogens with zero attached hydrogens (tertiary/aromatic N) is 3. The van der Waals surface area contributed by atoms with Crippen LogP contribution in [0.4, 0.5) is 5.95 Å². The molecule has 0 aliphatic rings. The Labute approximate surface area is 155 Å². The Morgan fingerprint density at radius 3 is 2.67 bits per heavy atom. The van der Waals surface area contributed by atoms with E-state index in [4.69, 9.17) is 13.9 Å². The first kappa shape index (κ1) is 18.2. The molecule has 0 saturated carbocycles. The van der Waals surface area contributed by atoms with Crippen molar-refractivity contribution in [2.45, 2.75) is 13.3 Å². The Kier molecular flexibility index (Phi) is 5.50. The van der Waals surface area contributed by atoms with Gasteiger partial charge in [0.2, 0.25) is 5.95 Å². The average Bonchev–Trinajstić information content (AvgIpc) is 3.09. The van der Waals surface area contributed by atoms with E-state index in [0.717, 1.165) is 11.3 Å². The van der Waals surface area contributed by atoms with E-state index < -0.39 is 0 Å². The molecule has 0 bridgehead atoms. The van der Waals surface area contributed by atoms with Gasteiger partial charge in [-0.1, -0.05) is 6.07 Å². The van der Waals surface area contributed by atoms with Gasteiger partial charge >= 0.3 is 0 Å². The molecular weight excluding hydrogens is 350 g/mol. The third-order valence-corrected chi connectivity index (χ3v) is 3.71. The van der Waals surface area contributed by atoms with Gasteiger partial charge < -0.3 is 13.9 Å². The molecular formula is C18H19N5O4. The molecule has 0 atom stereocenters. The lowest BCUT2D eigenvalue weighted by atomic mass is 10.1. The molecule has 0 fully saturated rings. The number of furan rings is 1. The Morgan fingerprint density at radius 2 is 2.00 bits per heavy atom. The fraction of sp³-hybridized carbons (Fsp3) is 0.222. The van der Waals surface area contributed by atoms with Crippen molar-refractivity contribution in [2.75, 3.05) is 19.6 Å². The van der Waals surface area contributed by atoms with Crippen LogP contribution >= 0.6 is 0 Å². The molecule has 0 spiro atoms. The number of H-pyrrole nitrogens is 1. The monoisotopic (exact) mass is 369 g/mol. The molecule has 27 heavy (non-hydrogen) atoms. The van der Waals surface area contributed by atoms with E-state index >= 15 is 0 Å². The van der Waals surface area contributed by atoms with Crippen LogP contribution in [0.1, 0.15) is 22.8 Å². The van der Waals surface area contributed by atoms with E-state index in [-0.39, 0.29) is 17.2 Å². The number of rotatable bonds is 7. The maximum absolute atomic E-state index is 12.2. The summed E-state index contributed by atoms with van der Waals surface area (Å²) in [5.74, 6) is 2.70. The fourth-order valence-corrected chi connectivity index (χ4v) is 2.39. The molecule has 0 saturated heterocycles.